The summed E-state index contributed by atoms with van der Waals surface area (Å²) in [5, 5.41) is 77.5. The molecule has 10 heteroatoms. The fourth-order valence-corrected chi connectivity index (χ4v) is 8.17. The van der Waals surface area contributed by atoms with E-state index in [1.807, 2.05) is 52.8 Å². The zero-order valence-electron chi connectivity index (χ0n) is 31.1. The van der Waals surface area contributed by atoms with Crippen LogP contribution >= 0.6 is 0 Å². The molecular formula is C45H42O10. The molecule has 0 bridgehead atoms. The van der Waals surface area contributed by atoms with Gasteiger partial charge in [-0.1, -0.05) is 41.0 Å². The summed E-state index contributed by atoms with van der Waals surface area (Å²) in [6.07, 6.45) is 6.02. The van der Waals surface area contributed by atoms with Gasteiger partial charge in [0.15, 0.2) is 5.78 Å². The lowest BCUT2D eigenvalue weighted by Gasteiger charge is -2.36. The Balaban J connectivity index is 1.66. The Kier molecular flexibility index (Phi) is 9.24. The van der Waals surface area contributed by atoms with Crippen LogP contribution in [0.5, 0.6) is 40.2 Å². The number of fused-ring (bicyclic) bond motifs is 7. The highest BCUT2D eigenvalue weighted by Crippen LogP contribution is 2.57. The third kappa shape index (κ3) is 6.27. The number of Topliss-reactive ketones (excluding diaryl/α,β-unsaturated/α-hetero) is 1. The quantitative estimate of drug-likeness (QED) is 0.0827. The molecule has 2 aliphatic rings. The number of rotatable bonds is 6. The van der Waals surface area contributed by atoms with Crippen molar-refractivity contribution in [2.24, 2.45) is 5.92 Å². The van der Waals surface area contributed by atoms with Gasteiger partial charge in [0.2, 0.25) is 5.43 Å². The lowest BCUT2D eigenvalue weighted by atomic mass is 9.66. The van der Waals surface area contributed by atoms with Crippen molar-refractivity contribution < 1.29 is 45.0 Å². The maximum absolute atomic E-state index is 15.3. The molecule has 0 spiro atoms. The van der Waals surface area contributed by atoms with Gasteiger partial charge in [0, 0.05) is 52.1 Å². The lowest BCUT2D eigenvalue weighted by molar-refractivity contribution is 0.0880. The first-order valence-corrected chi connectivity index (χ1v) is 18.0. The van der Waals surface area contributed by atoms with E-state index in [-0.39, 0.29) is 91.7 Å². The summed E-state index contributed by atoms with van der Waals surface area (Å²) in [5.74, 6) is -5.28. The minimum absolute atomic E-state index is 0.0142. The molecule has 2 aliphatic carbocycles. The van der Waals surface area contributed by atoms with E-state index in [9.17, 15) is 40.5 Å². The van der Waals surface area contributed by atoms with Gasteiger partial charge in [-0.25, -0.2) is 0 Å². The molecule has 5 aromatic rings. The third-order valence-corrected chi connectivity index (χ3v) is 10.7. The Morgan fingerprint density at radius 2 is 1.35 bits per heavy atom. The van der Waals surface area contributed by atoms with E-state index in [4.69, 9.17) is 4.42 Å². The molecule has 282 valence electrons. The van der Waals surface area contributed by atoms with Gasteiger partial charge in [-0.2, -0.15) is 0 Å². The van der Waals surface area contributed by atoms with Crippen molar-refractivity contribution >= 4 is 16.8 Å². The standard InChI is InChI=1S/C45H42O10/c1-20(2)6-10-26-35(50)18-31-30-19-36(51)40-42(53)28(11-7-21(3)4)44(27-13-9-24(47)17-34(27)49)55-45(40)38(30)32-15-22(5)14-29(25-12-8-23(46)16-33(25)48)37(32)43(54)39(31)41(26)52/h6-9,12-13,15-19,29,32,37,46-52H,10-11,14H2,1-5H3. The molecule has 3 unspecified atom stereocenters. The molecule has 0 aliphatic heterocycles. The summed E-state index contributed by atoms with van der Waals surface area (Å²) in [4.78, 5) is 29.9. The normalized spacial score (nSPS) is 17.4. The van der Waals surface area contributed by atoms with Crippen LogP contribution in [0.4, 0.5) is 0 Å². The van der Waals surface area contributed by atoms with Gasteiger partial charge < -0.3 is 40.2 Å². The Morgan fingerprint density at radius 1 is 0.727 bits per heavy atom. The maximum Gasteiger partial charge on any atom is 0.200 e. The fourth-order valence-electron chi connectivity index (χ4n) is 8.17. The smallest absolute Gasteiger partial charge is 0.200 e. The van der Waals surface area contributed by atoms with Gasteiger partial charge >= 0.3 is 0 Å². The summed E-state index contributed by atoms with van der Waals surface area (Å²) >= 11 is 0. The number of ketones is 1. The van der Waals surface area contributed by atoms with Gasteiger partial charge in [-0.3, -0.25) is 9.59 Å². The van der Waals surface area contributed by atoms with Crippen LogP contribution in [0.2, 0.25) is 0 Å². The van der Waals surface area contributed by atoms with Gasteiger partial charge in [0.05, 0.1) is 11.1 Å². The summed E-state index contributed by atoms with van der Waals surface area (Å²) < 4.78 is 6.73. The molecule has 7 rings (SSSR count). The van der Waals surface area contributed by atoms with Crippen molar-refractivity contribution in [3.8, 4) is 62.7 Å². The van der Waals surface area contributed by atoms with Crippen molar-refractivity contribution in [1.82, 2.24) is 0 Å². The molecule has 0 amide bonds. The second-order valence-electron chi connectivity index (χ2n) is 15.1. The largest absolute Gasteiger partial charge is 0.508 e. The lowest BCUT2D eigenvalue weighted by Crippen LogP contribution is -2.31. The molecule has 0 saturated carbocycles. The number of phenols is 7. The van der Waals surface area contributed by atoms with Crippen LogP contribution in [0.1, 0.15) is 85.5 Å². The second-order valence-corrected chi connectivity index (χ2v) is 15.1. The average Bonchev–Trinajstić information content (AvgIpc) is 3.19. The topological polar surface area (TPSA) is 189 Å². The molecule has 0 saturated heterocycles. The molecule has 1 heterocycles. The number of hydrogen-bond acceptors (Lipinski definition) is 10. The van der Waals surface area contributed by atoms with Crippen LogP contribution in [-0.2, 0) is 12.8 Å². The Bertz CT molecular complexity index is 2600. The number of carbonyl (C=O) groups excluding carboxylic acids is 1. The van der Waals surface area contributed by atoms with Gasteiger partial charge in [0.1, 0.15) is 57.0 Å². The summed E-state index contributed by atoms with van der Waals surface area (Å²) in [6.45, 7) is 9.34. The predicted molar refractivity (Wildman–Crippen MR) is 209 cm³/mol. The van der Waals surface area contributed by atoms with E-state index < -0.39 is 40.5 Å². The highest BCUT2D eigenvalue weighted by atomic mass is 16.3. The van der Waals surface area contributed by atoms with Crippen LogP contribution < -0.4 is 5.43 Å². The maximum atomic E-state index is 15.3. The number of aromatic hydroxyl groups is 7. The molecule has 1 aromatic heterocycles. The third-order valence-electron chi connectivity index (χ3n) is 10.7. The zero-order chi connectivity index (χ0) is 39.6. The highest BCUT2D eigenvalue weighted by Gasteiger charge is 2.47. The van der Waals surface area contributed by atoms with E-state index >= 15 is 4.79 Å². The highest BCUT2D eigenvalue weighted by molar-refractivity contribution is 6.11. The van der Waals surface area contributed by atoms with Crippen molar-refractivity contribution in [2.45, 2.75) is 65.7 Å². The molecular weight excluding hydrogens is 700 g/mol. The number of benzene rings is 4. The van der Waals surface area contributed by atoms with Gasteiger partial charge in [0.25, 0.3) is 0 Å². The predicted octanol–water partition coefficient (Wildman–Crippen LogP) is 9.11. The first kappa shape index (κ1) is 36.9. The molecule has 10 nitrogen and oxygen atoms in total. The van der Waals surface area contributed by atoms with Crippen molar-refractivity contribution in [1.29, 1.82) is 0 Å². The first-order valence-electron chi connectivity index (χ1n) is 18.0. The Morgan fingerprint density at radius 3 is 1.98 bits per heavy atom. The van der Waals surface area contributed by atoms with Crippen molar-refractivity contribution in [3.05, 3.63) is 122 Å². The Labute approximate surface area is 316 Å². The molecule has 4 aromatic carbocycles. The van der Waals surface area contributed by atoms with E-state index in [0.29, 0.717) is 17.5 Å². The van der Waals surface area contributed by atoms with E-state index in [0.717, 1.165) is 22.8 Å². The number of hydrogen-bond donors (Lipinski definition) is 7. The van der Waals surface area contributed by atoms with Crippen LogP contribution in [0, 0.1) is 5.92 Å². The second kappa shape index (κ2) is 13.8. The SMILES string of the molecule is CC(C)=CCc1c(O)cc2c(c1O)C(=O)C1C(C=C(C)CC1c1ccc(O)cc1O)c1c-2cc(O)c2c(=O)c(CC=C(C)C)c(-c3ccc(O)cc3O)oc12. The zero-order valence-corrected chi connectivity index (χ0v) is 31.1. The molecule has 0 fully saturated rings. The number of carbonyl (C=O) groups is 1. The van der Waals surface area contributed by atoms with E-state index in [2.05, 4.69) is 0 Å². The van der Waals surface area contributed by atoms with Crippen LogP contribution in [-0.4, -0.2) is 41.5 Å². The van der Waals surface area contributed by atoms with E-state index in [1.54, 1.807) is 6.07 Å². The minimum atomic E-state index is -1.03. The molecule has 0 radical (unpaired) electrons. The monoisotopic (exact) mass is 742 g/mol. The average molecular weight is 743 g/mol. The van der Waals surface area contributed by atoms with Crippen molar-refractivity contribution in [2.75, 3.05) is 0 Å². The van der Waals surface area contributed by atoms with Gasteiger partial charge in [-0.15, -0.1) is 0 Å². The minimum Gasteiger partial charge on any atom is -0.508 e. The van der Waals surface area contributed by atoms with Gasteiger partial charge in [-0.05, 0) is 95.3 Å². The Hall–Kier alpha value is -6.42. The number of phenolic OH excluding ortho intramolecular Hbond substituents is 7. The van der Waals surface area contributed by atoms with Crippen LogP contribution in [0.3, 0.4) is 0 Å². The first-order chi connectivity index (χ1) is 26.1. The summed E-state index contributed by atoms with van der Waals surface area (Å²) in [5.41, 5.74) is 3.29. The van der Waals surface area contributed by atoms with Crippen LogP contribution in [0.25, 0.3) is 33.4 Å². The molecule has 7 N–H and O–H groups in total. The fraction of sp³-hybridized carbons (Fsp3) is 0.244. The van der Waals surface area contributed by atoms with Crippen LogP contribution in [0.15, 0.2) is 92.7 Å². The van der Waals surface area contributed by atoms with E-state index in [1.165, 1.54) is 36.4 Å². The molecule has 55 heavy (non-hydrogen) atoms. The van der Waals surface area contributed by atoms with Crippen molar-refractivity contribution in [3.63, 3.8) is 0 Å². The summed E-state index contributed by atoms with van der Waals surface area (Å²) in [6, 6.07) is 10.8. The molecule has 3 atom stereocenters. The summed E-state index contributed by atoms with van der Waals surface area (Å²) in [7, 11) is 0. The number of allylic oxidation sites excluding steroid dienone is 6.